The Morgan fingerprint density at radius 1 is 1.36 bits per heavy atom. The van der Waals surface area contributed by atoms with Crippen molar-refractivity contribution in [2.45, 2.75) is 26.3 Å². The summed E-state index contributed by atoms with van der Waals surface area (Å²) in [5.74, 6) is 1.06. The van der Waals surface area contributed by atoms with E-state index in [4.69, 9.17) is 9.47 Å². The quantitative estimate of drug-likeness (QED) is 0.446. The first-order valence-electron chi connectivity index (χ1n) is 9.24. The Morgan fingerprint density at radius 3 is 2.89 bits per heavy atom. The number of carbonyl (C=O) groups is 1. The average Bonchev–Trinajstić information content (AvgIpc) is 3.20. The first-order valence-corrected chi connectivity index (χ1v) is 9.24. The van der Waals surface area contributed by atoms with Crippen molar-refractivity contribution in [3.05, 3.63) is 71.1 Å². The summed E-state index contributed by atoms with van der Waals surface area (Å²) >= 11 is 0. The molecular formula is C22H26N2O4. The molecule has 0 radical (unpaired) electrons. The number of ether oxygens (including phenoxy) is 3. The fraction of sp³-hybridized carbons (Fsp3) is 0.318. The molecule has 1 unspecified atom stereocenters. The molecule has 6 heteroatoms. The highest BCUT2D eigenvalue weighted by Crippen LogP contribution is 2.37. The van der Waals surface area contributed by atoms with E-state index in [-0.39, 0.29) is 18.4 Å². The van der Waals surface area contributed by atoms with E-state index in [0.717, 1.165) is 35.7 Å². The lowest BCUT2D eigenvalue weighted by Gasteiger charge is -2.31. The van der Waals surface area contributed by atoms with Gasteiger partial charge in [0, 0.05) is 18.4 Å². The lowest BCUT2D eigenvalue weighted by Crippen LogP contribution is -2.34. The van der Waals surface area contributed by atoms with Crippen molar-refractivity contribution in [1.82, 2.24) is 10.6 Å². The van der Waals surface area contributed by atoms with E-state index in [9.17, 15) is 4.79 Å². The number of hydrogen-bond donors (Lipinski definition) is 2. The van der Waals surface area contributed by atoms with Gasteiger partial charge in [-0.05, 0) is 49.6 Å². The molecule has 0 aromatic heterocycles. The smallest absolute Gasteiger partial charge is 0.337 e. The van der Waals surface area contributed by atoms with E-state index in [0.29, 0.717) is 0 Å². The second-order valence-corrected chi connectivity index (χ2v) is 6.61. The first kappa shape index (κ1) is 19.8. The first-order chi connectivity index (χ1) is 13.5. The summed E-state index contributed by atoms with van der Waals surface area (Å²) < 4.78 is 15.6. The standard InChI is InChI=1S/C22H26N2O4/c1-5-14(2)17-9-11-23-20(16-6-7-18-19(12-16)28-13-27-18)21(17)24-10-8-15(3)22(25)26-4/h5-8,10,12,20,23-24H,3,9,11,13H2,1-2,4H3/b10-8+,14-5+. The molecule has 0 saturated carbocycles. The molecule has 2 aliphatic heterocycles. The number of nitrogens with one attached hydrogen (secondary N) is 2. The Bertz CT molecular complexity index is 867. The third kappa shape index (κ3) is 4.12. The van der Waals surface area contributed by atoms with Gasteiger partial charge in [-0.25, -0.2) is 4.79 Å². The fourth-order valence-corrected chi connectivity index (χ4v) is 3.32. The number of esters is 1. The summed E-state index contributed by atoms with van der Waals surface area (Å²) in [6.07, 6.45) is 6.36. The minimum absolute atomic E-state index is 0.0378. The van der Waals surface area contributed by atoms with Crippen LogP contribution in [0.2, 0.25) is 0 Å². The molecule has 2 aliphatic rings. The van der Waals surface area contributed by atoms with Gasteiger partial charge in [0.25, 0.3) is 0 Å². The Balaban J connectivity index is 1.92. The number of methoxy groups -OCH3 is 1. The highest BCUT2D eigenvalue weighted by molar-refractivity contribution is 5.90. The van der Waals surface area contributed by atoms with Crippen LogP contribution in [0.1, 0.15) is 31.9 Å². The summed E-state index contributed by atoms with van der Waals surface area (Å²) in [7, 11) is 1.34. The van der Waals surface area contributed by atoms with Crippen LogP contribution >= 0.6 is 0 Å². The SMILES string of the molecule is C=C(/C=C/NC1=C(/C(C)=C/C)CCNC1c1ccc2c(c1)OCO2)C(=O)OC. The van der Waals surface area contributed by atoms with Crippen LogP contribution in [0.25, 0.3) is 0 Å². The van der Waals surface area contributed by atoms with E-state index >= 15 is 0 Å². The molecule has 2 N–H and O–H groups in total. The predicted molar refractivity (Wildman–Crippen MR) is 108 cm³/mol. The zero-order valence-electron chi connectivity index (χ0n) is 16.5. The Morgan fingerprint density at radius 2 is 2.14 bits per heavy atom. The average molecular weight is 382 g/mol. The maximum atomic E-state index is 11.5. The van der Waals surface area contributed by atoms with Gasteiger partial charge in [-0.2, -0.15) is 0 Å². The van der Waals surface area contributed by atoms with Crippen LogP contribution < -0.4 is 20.1 Å². The summed E-state index contributed by atoms with van der Waals surface area (Å²) in [6.45, 7) is 8.98. The van der Waals surface area contributed by atoms with Gasteiger partial charge in [-0.1, -0.05) is 24.3 Å². The molecule has 0 aliphatic carbocycles. The number of fused-ring (bicyclic) bond motifs is 1. The zero-order chi connectivity index (χ0) is 20.1. The molecule has 3 rings (SSSR count). The summed E-state index contributed by atoms with van der Waals surface area (Å²) in [5, 5.41) is 6.93. The highest BCUT2D eigenvalue weighted by Gasteiger charge is 2.26. The van der Waals surface area contributed by atoms with Gasteiger partial charge in [0.05, 0.1) is 18.7 Å². The van der Waals surface area contributed by atoms with E-state index in [1.165, 1.54) is 18.3 Å². The fourth-order valence-electron chi connectivity index (χ4n) is 3.32. The maximum Gasteiger partial charge on any atom is 0.337 e. The topological polar surface area (TPSA) is 68.8 Å². The van der Waals surface area contributed by atoms with E-state index in [1.54, 1.807) is 12.3 Å². The van der Waals surface area contributed by atoms with Crippen molar-refractivity contribution in [3.8, 4) is 11.5 Å². The van der Waals surface area contributed by atoms with Crippen molar-refractivity contribution in [3.63, 3.8) is 0 Å². The second kappa shape index (κ2) is 8.80. The lowest BCUT2D eigenvalue weighted by atomic mass is 9.90. The van der Waals surface area contributed by atoms with Crippen LogP contribution in [-0.2, 0) is 9.53 Å². The van der Waals surface area contributed by atoms with Gasteiger partial charge in [0.15, 0.2) is 11.5 Å². The number of carbonyl (C=O) groups excluding carboxylic acids is 1. The van der Waals surface area contributed by atoms with Crippen LogP contribution in [-0.4, -0.2) is 26.4 Å². The number of hydrogen-bond acceptors (Lipinski definition) is 6. The van der Waals surface area contributed by atoms with Crippen molar-refractivity contribution in [2.75, 3.05) is 20.4 Å². The molecule has 148 valence electrons. The predicted octanol–water partition coefficient (Wildman–Crippen LogP) is 3.50. The van der Waals surface area contributed by atoms with Crippen molar-refractivity contribution in [2.24, 2.45) is 0 Å². The molecular weight excluding hydrogens is 356 g/mol. The van der Waals surface area contributed by atoms with Crippen molar-refractivity contribution in [1.29, 1.82) is 0 Å². The van der Waals surface area contributed by atoms with Crippen LogP contribution in [0.3, 0.4) is 0 Å². The van der Waals surface area contributed by atoms with Crippen molar-refractivity contribution < 1.29 is 19.0 Å². The second-order valence-electron chi connectivity index (χ2n) is 6.61. The number of allylic oxidation sites excluding steroid dienone is 2. The van der Waals surface area contributed by atoms with Gasteiger partial charge in [0.1, 0.15) is 0 Å². The zero-order valence-corrected chi connectivity index (χ0v) is 16.5. The monoisotopic (exact) mass is 382 g/mol. The largest absolute Gasteiger partial charge is 0.465 e. The molecule has 1 aromatic rings. The Labute approximate surface area is 165 Å². The minimum atomic E-state index is -0.453. The molecule has 28 heavy (non-hydrogen) atoms. The number of rotatable bonds is 6. The highest BCUT2D eigenvalue weighted by atomic mass is 16.7. The van der Waals surface area contributed by atoms with Gasteiger partial charge < -0.3 is 24.8 Å². The summed E-state index contributed by atoms with van der Waals surface area (Å²) in [4.78, 5) is 11.5. The van der Waals surface area contributed by atoms with Gasteiger partial charge in [-0.15, -0.1) is 0 Å². The third-order valence-electron chi connectivity index (χ3n) is 4.95. The molecule has 6 nitrogen and oxygen atoms in total. The van der Waals surface area contributed by atoms with Gasteiger partial charge >= 0.3 is 5.97 Å². The summed E-state index contributed by atoms with van der Waals surface area (Å²) in [5.41, 5.74) is 4.86. The van der Waals surface area contributed by atoms with Gasteiger partial charge in [0.2, 0.25) is 6.79 Å². The molecule has 2 heterocycles. The molecule has 0 fully saturated rings. The van der Waals surface area contributed by atoms with E-state index in [2.05, 4.69) is 34.9 Å². The molecule has 1 atom stereocenters. The molecule has 1 aromatic carbocycles. The third-order valence-corrected chi connectivity index (χ3v) is 4.95. The van der Waals surface area contributed by atoms with Crippen molar-refractivity contribution >= 4 is 5.97 Å². The van der Waals surface area contributed by atoms with Crippen LogP contribution in [0.4, 0.5) is 0 Å². The molecule has 0 amide bonds. The Kier molecular flexibility index (Phi) is 6.21. The Hall–Kier alpha value is -2.99. The minimum Gasteiger partial charge on any atom is -0.465 e. The molecule has 0 bridgehead atoms. The van der Waals surface area contributed by atoms with Crippen LogP contribution in [0.15, 0.2) is 65.5 Å². The number of benzene rings is 1. The van der Waals surface area contributed by atoms with Gasteiger partial charge in [-0.3, -0.25) is 0 Å². The molecule has 0 spiro atoms. The normalized spacial score (nSPS) is 19.1. The van der Waals surface area contributed by atoms with Crippen LogP contribution in [0.5, 0.6) is 11.5 Å². The van der Waals surface area contributed by atoms with E-state index in [1.807, 2.05) is 25.1 Å². The lowest BCUT2D eigenvalue weighted by molar-refractivity contribution is -0.135. The van der Waals surface area contributed by atoms with Crippen LogP contribution in [0, 0.1) is 0 Å². The molecule has 0 saturated heterocycles. The maximum absolute atomic E-state index is 11.5. The summed E-state index contributed by atoms with van der Waals surface area (Å²) in [6, 6.07) is 5.94. The van der Waals surface area contributed by atoms with E-state index < -0.39 is 5.97 Å².